The number of hydrogen-bond donors (Lipinski definition) is 2. The molecule has 0 saturated carbocycles. The van der Waals surface area contributed by atoms with Crippen molar-refractivity contribution < 1.29 is 4.79 Å². The average Bonchev–Trinajstić information content (AvgIpc) is 2.38. The van der Waals surface area contributed by atoms with Crippen LogP contribution in [-0.4, -0.2) is 27.3 Å². The molecule has 0 saturated heterocycles. The van der Waals surface area contributed by atoms with Gasteiger partial charge in [-0.1, -0.05) is 0 Å². The molecule has 6 nitrogen and oxygen atoms in total. The van der Waals surface area contributed by atoms with Gasteiger partial charge in [-0.15, -0.1) is 0 Å². The van der Waals surface area contributed by atoms with Crippen molar-refractivity contribution >= 4 is 23.1 Å². The van der Waals surface area contributed by atoms with Crippen LogP contribution in [0.4, 0.5) is 17.3 Å². The number of nitrogens with zero attached hydrogens (tertiary/aromatic N) is 3. The van der Waals surface area contributed by atoms with Crippen molar-refractivity contribution in [3.8, 4) is 0 Å². The van der Waals surface area contributed by atoms with Crippen LogP contribution in [0.15, 0.2) is 36.9 Å². The van der Waals surface area contributed by atoms with E-state index >= 15 is 0 Å². The zero-order valence-electron chi connectivity index (χ0n) is 9.92. The fraction of sp³-hybridized carbons (Fsp3) is 0.167. The van der Waals surface area contributed by atoms with Crippen molar-refractivity contribution in [2.24, 2.45) is 0 Å². The van der Waals surface area contributed by atoms with E-state index < -0.39 is 0 Å². The van der Waals surface area contributed by atoms with Crippen LogP contribution < -0.4 is 10.6 Å². The van der Waals surface area contributed by atoms with Crippen LogP contribution in [0.1, 0.15) is 6.92 Å². The lowest BCUT2D eigenvalue weighted by Gasteiger charge is -2.07. The summed E-state index contributed by atoms with van der Waals surface area (Å²) in [4.78, 5) is 23.0. The molecule has 6 heteroatoms. The molecule has 0 spiro atoms. The highest BCUT2D eigenvalue weighted by Crippen LogP contribution is 2.14. The maximum absolute atomic E-state index is 10.9. The van der Waals surface area contributed by atoms with Crippen LogP contribution >= 0.6 is 0 Å². The first-order valence-corrected chi connectivity index (χ1v) is 5.46. The van der Waals surface area contributed by atoms with Gasteiger partial charge in [-0.3, -0.25) is 9.78 Å². The first kappa shape index (κ1) is 12.0. The minimum atomic E-state index is 0.0513. The fourth-order valence-corrected chi connectivity index (χ4v) is 1.32. The summed E-state index contributed by atoms with van der Waals surface area (Å²) in [6.45, 7) is 1.77. The third kappa shape index (κ3) is 3.51. The van der Waals surface area contributed by atoms with Crippen molar-refractivity contribution in [2.45, 2.75) is 6.92 Å². The second-order valence-corrected chi connectivity index (χ2v) is 3.71. The standard InChI is InChI=1S/C12H13N5O/c1-9(18)6-14-11-5-12(16-8-15-11)17-10-3-2-4-13-7-10/h2-5,7-8H,6H2,1H3,(H2,14,15,16,17). The Hall–Kier alpha value is -2.50. The van der Waals surface area contributed by atoms with Gasteiger partial charge in [0, 0.05) is 12.3 Å². The summed E-state index contributed by atoms with van der Waals surface area (Å²) in [5.41, 5.74) is 0.841. The Kier molecular flexibility index (Phi) is 3.80. The normalized spacial score (nSPS) is 9.83. The zero-order valence-corrected chi connectivity index (χ0v) is 9.92. The van der Waals surface area contributed by atoms with Crippen LogP contribution in [0.2, 0.25) is 0 Å². The Labute approximate surface area is 105 Å². The molecule has 0 bridgehead atoms. The number of pyridine rings is 1. The summed E-state index contributed by atoms with van der Waals surface area (Å²) < 4.78 is 0. The first-order chi connectivity index (χ1) is 8.74. The summed E-state index contributed by atoms with van der Waals surface area (Å²) in [5.74, 6) is 1.30. The van der Waals surface area contributed by atoms with E-state index in [1.165, 1.54) is 13.3 Å². The lowest BCUT2D eigenvalue weighted by molar-refractivity contribution is -0.115. The van der Waals surface area contributed by atoms with Gasteiger partial charge in [-0.05, 0) is 19.1 Å². The van der Waals surface area contributed by atoms with Crippen LogP contribution in [-0.2, 0) is 4.79 Å². The molecule has 2 aromatic rings. The van der Waals surface area contributed by atoms with Gasteiger partial charge in [-0.25, -0.2) is 9.97 Å². The summed E-state index contributed by atoms with van der Waals surface area (Å²) in [5, 5.41) is 6.01. The smallest absolute Gasteiger partial charge is 0.148 e. The van der Waals surface area contributed by atoms with Crippen molar-refractivity contribution in [3.05, 3.63) is 36.9 Å². The third-order valence-corrected chi connectivity index (χ3v) is 2.12. The molecule has 0 atom stereocenters. The third-order valence-electron chi connectivity index (χ3n) is 2.12. The number of anilines is 3. The van der Waals surface area contributed by atoms with E-state index in [1.807, 2.05) is 12.1 Å². The molecule has 0 fully saturated rings. The number of ketones is 1. The predicted octanol–water partition coefficient (Wildman–Crippen LogP) is 1.62. The Morgan fingerprint density at radius 1 is 1.33 bits per heavy atom. The van der Waals surface area contributed by atoms with E-state index in [4.69, 9.17) is 0 Å². The van der Waals surface area contributed by atoms with Gasteiger partial charge >= 0.3 is 0 Å². The maximum atomic E-state index is 10.9. The molecule has 2 heterocycles. The molecule has 18 heavy (non-hydrogen) atoms. The van der Waals surface area contributed by atoms with Gasteiger partial charge in [0.1, 0.15) is 23.7 Å². The topological polar surface area (TPSA) is 79.8 Å². The van der Waals surface area contributed by atoms with Gasteiger partial charge in [0.25, 0.3) is 0 Å². The molecule has 2 rings (SSSR count). The number of rotatable bonds is 5. The Balaban J connectivity index is 2.05. The predicted molar refractivity (Wildman–Crippen MR) is 68.7 cm³/mol. The number of nitrogens with one attached hydrogen (secondary N) is 2. The Morgan fingerprint density at radius 3 is 2.89 bits per heavy atom. The summed E-state index contributed by atoms with van der Waals surface area (Å²) in [7, 11) is 0. The van der Waals surface area contributed by atoms with Crippen molar-refractivity contribution in [2.75, 3.05) is 17.2 Å². The first-order valence-electron chi connectivity index (χ1n) is 5.46. The molecule has 2 N–H and O–H groups in total. The van der Waals surface area contributed by atoms with Crippen molar-refractivity contribution in [1.82, 2.24) is 15.0 Å². The molecule has 0 unspecified atom stereocenters. The van der Waals surface area contributed by atoms with E-state index in [0.29, 0.717) is 11.6 Å². The molecular formula is C12H13N5O. The van der Waals surface area contributed by atoms with Gasteiger partial charge in [0.05, 0.1) is 18.4 Å². The highest BCUT2D eigenvalue weighted by Gasteiger charge is 2.00. The second kappa shape index (κ2) is 5.72. The van der Waals surface area contributed by atoms with E-state index in [2.05, 4.69) is 25.6 Å². The monoisotopic (exact) mass is 243 g/mol. The molecule has 0 aliphatic rings. The molecular weight excluding hydrogens is 230 g/mol. The largest absolute Gasteiger partial charge is 0.363 e. The zero-order chi connectivity index (χ0) is 12.8. The number of hydrogen-bond acceptors (Lipinski definition) is 6. The number of aromatic nitrogens is 3. The molecule has 0 aliphatic heterocycles. The van der Waals surface area contributed by atoms with Crippen molar-refractivity contribution in [3.63, 3.8) is 0 Å². The highest BCUT2D eigenvalue weighted by atomic mass is 16.1. The van der Waals surface area contributed by atoms with Gasteiger partial charge in [0.2, 0.25) is 0 Å². The lowest BCUT2D eigenvalue weighted by Crippen LogP contribution is -2.11. The quantitative estimate of drug-likeness (QED) is 0.830. The number of carbonyl (C=O) groups excluding carboxylic acids is 1. The summed E-state index contributed by atoms with van der Waals surface area (Å²) in [6.07, 6.45) is 4.83. The van der Waals surface area contributed by atoms with E-state index in [-0.39, 0.29) is 12.3 Å². The van der Waals surface area contributed by atoms with Crippen LogP contribution in [0.3, 0.4) is 0 Å². The summed E-state index contributed by atoms with van der Waals surface area (Å²) in [6, 6.07) is 5.45. The fourth-order valence-electron chi connectivity index (χ4n) is 1.32. The van der Waals surface area contributed by atoms with Crippen LogP contribution in [0.5, 0.6) is 0 Å². The van der Waals surface area contributed by atoms with Crippen LogP contribution in [0, 0.1) is 0 Å². The number of Topliss-reactive ketones (excluding diaryl/α,β-unsaturated/α-hetero) is 1. The molecule has 2 aromatic heterocycles. The molecule has 0 radical (unpaired) electrons. The Morgan fingerprint density at radius 2 is 2.17 bits per heavy atom. The lowest BCUT2D eigenvalue weighted by atomic mass is 10.4. The van der Waals surface area contributed by atoms with Crippen molar-refractivity contribution in [1.29, 1.82) is 0 Å². The minimum absolute atomic E-state index is 0.0513. The SMILES string of the molecule is CC(=O)CNc1cc(Nc2cccnc2)ncn1. The molecule has 0 amide bonds. The molecule has 92 valence electrons. The average molecular weight is 243 g/mol. The van der Waals surface area contributed by atoms with Gasteiger partial charge in [0.15, 0.2) is 0 Å². The maximum Gasteiger partial charge on any atom is 0.148 e. The summed E-state index contributed by atoms with van der Waals surface area (Å²) >= 11 is 0. The Bertz CT molecular complexity index is 529. The van der Waals surface area contributed by atoms with E-state index in [9.17, 15) is 4.79 Å². The molecule has 0 aliphatic carbocycles. The van der Waals surface area contributed by atoms with E-state index in [0.717, 1.165) is 5.69 Å². The second-order valence-electron chi connectivity index (χ2n) is 3.71. The van der Waals surface area contributed by atoms with Gasteiger partial charge < -0.3 is 10.6 Å². The van der Waals surface area contributed by atoms with E-state index in [1.54, 1.807) is 18.5 Å². The van der Waals surface area contributed by atoms with Crippen LogP contribution in [0.25, 0.3) is 0 Å². The molecule has 0 aromatic carbocycles. The minimum Gasteiger partial charge on any atom is -0.363 e. The van der Waals surface area contributed by atoms with Gasteiger partial charge in [-0.2, -0.15) is 0 Å². The number of carbonyl (C=O) groups is 1. The highest BCUT2D eigenvalue weighted by molar-refractivity contribution is 5.80.